The van der Waals surface area contributed by atoms with Crippen LogP contribution in [0.15, 0.2) is 21.1 Å². The molecule has 23 heavy (non-hydrogen) atoms. The number of carbonyl (C=O) groups excluding carboxylic acids is 2. The van der Waals surface area contributed by atoms with E-state index in [1.807, 2.05) is 12.1 Å². The Balaban J connectivity index is 1.88. The van der Waals surface area contributed by atoms with Gasteiger partial charge in [0.1, 0.15) is 0 Å². The molecule has 1 aliphatic rings. The number of nitrogens with zero attached hydrogens (tertiary/aromatic N) is 1. The van der Waals surface area contributed by atoms with Gasteiger partial charge in [-0.2, -0.15) is 0 Å². The average molecular weight is 448 g/mol. The first-order valence-electron chi connectivity index (χ1n) is 7.45. The molecule has 4 amide bonds. The van der Waals surface area contributed by atoms with Gasteiger partial charge >= 0.3 is 12.1 Å². The molecule has 1 aliphatic heterocycles. The molecule has 0 atom stereocenters. The lowest BCUT2D eigenvalue weighted by Gasteiger charge is -2.16. The topological polar surface area (TPSA) is 73.5 Å². The summed E-state index contributed by atoms with van der Waals surface area (Å²) in [5.74, 6) is 0.400. The number of urea groups is 2. The number of hydrogen-bond donors (Lipinski definition) is 3. The number of hydrogen-bond acceptors (Lipinski definition) is 2. The van der Waals surface area contributed by atoms with Crippen molar-refractivity contribution < 1.29 is 9.59 Å². The van der Waals surface area contributed by atoms with Crippen LogP contribution >= 0.6 is 31.9 Å². The molecule has 1 saturated heterocycles. The van der Waals surface area contributed by atoms with Crippen LogP contribution in [0.5, 0.6) is 0 Å². The van der Waals surface area contributed by atoms with Gasteiger partial charge in [0, 0.05) is 35.1 Å². The van der Waals surface area contributed by atoms with Crippen LogP contribution in [0, 0.1) is 0 Å². The third-order valence-electron chi connectivity index (χ3n) is 3.58. The molecule has 0 unspecified atom stereocenters. The van der Waals surface area contributed by atoms with Crippen molar-refractivity contribution in [1.82, 2.24) is 15.5 Å². The lowest BCUT2D eigenvalue weighted by Crippen LogP contribution is -2.38. The van der Waals surface area contributed by atoms with E-state index in [9.17, 15) is 9.59 Å². The molecule has 1 aromatic carbocycles. The van der Waals surface area contributed by atoms with Crippen molar-refractivity contribution in [2.75, 3.05) is 31.5 Å². The maximum atomic E-state index is 12.0. The number of amides is 4. The van der Waals surface area contributed by atoms with Crippen molar-refractivity contribution in [1.29, 1.82) is 0 Å². The van der Waals surface area contributed by atoms with E-state index in [4.69, 9.17) is 0 Å². The molecular weight excluding hydrogens is 428 g/mol. The first-order chi connectivity index (χ1) is 10.9. The van der Waals surface area contributed by atoms with Crippen molar-refractivity contribution in [3.05, 3.63) is 26.6 Å². The Kier molecular flexibility index (Phi) is 6.29. The maximum absolute atomic E-state index is 12.0. The lowest BCUT2D eigenvalue weighted by molar-refractivity contribution is 0.216. The minimum absolute atomic E-state index is 0.0815. The fourth-order valence-electron chi connectivity index (χ4n) is 2.23. The van der Waals surface area contributed by atoms with E-state index in [0.717, 1.165) is 8.95 Å². The number of rotatable bonds is 5. The lowest BCUT2D eigenvalue weighted by atomic mass is 10.0. The standard InChI is InChI=1S/C15H20Br2N4O2/c1-9(2)10-7-11(16)13(12(17)8-10)20-14(22)18-3-5-21-6-4-19-15(21)23/h7-9H,3-6H2,1-2H3,(H,19,23)(H2,18,20,22). The second kappa shape index (κ2) is 8.01. The van der Waals surface area contributed by atoms with Crippen LogP contribution in [-0.2, 0) is 0 Å². The zero-order valence-corrected chi connectivity index (χ0v) is 16.3. The van der Waals surface area contributed by atoms with Gasteiger partial charge in [-0.25, -0.2) is 9.59 Å². The van der Waals surface area contributed by atoms with Gasteiger partial charge in [0.2, 0.25) is 0 Å². The van der Waals surface area contributed by atoms with E-state index in [1.54, 1.807) is 4.90 Å². The smallest absolute Gasteiger partial charge is 0.319 e. The molecule has 1 heterocycles. The van der Waals surface area contributed by atoms with Crippen molar-refractivity contribution in [3.8, 4) is 0 Å². The van der Waals surface area contributed by atoms with Crippen LogP contribution < -0.4 is 16.0 Å². The summed E-state index contributed by atoms with van der Waals surface area (Å²) in [6, 6.07) is 3.62. The summed E-state index contributed by atoms with van der Waals surface area (Å²) in [7, 11) is 0. The van der Waals surface area contributed by atoms with Crippen LogP contribution in [0.4, 0.5) is 15.3 Å². The highest BCUT2D eigenvalue weighted by atomic mass is 79.9. The third kappa shape index (κ3) is 4.84. The number of nitrogens with one attached hydrogen (secondary N) is 3. The SMILES string of the molecule is CC(C)c1cc(Br)c(NC(=O)NCCN2CCNC2=O)c(Br)c1. The van der Waals surface area contributed by atoms with Gasteiger partial charge in [0.05, 0.1) is 5.69 Å². The molecule has 2 rings (SSSR count). The maximum Gasteiger partial charge on any atom is 0.319 e. The van der Waals surface area contributed by atoms with Gasteiger partial charge in [-0.1, -0.05) is 13.8 Å². The molecule has 0 saturated carbocycles. The van der Waals surface area contributed by atoms with E-state index in [-0.39, 0.29) is 12.1 Å². The second-order valence-electron chi connectivity index (χ2n) is 5.61. The Morgan fingerprint density at radius 2 is 2.00 bits per heavy atom. The molecule has 0 aliphatic carbocycles. The second-order valence-corrected chi connectivity index (χ2v) is 7.32. The van der Waals surface area contributed by atoms with Gasteiger partial charge in [-0.05, 0) is 55.5 Å². The van der Waals surface area contributed by atoms with E-state index < -0.39 is 0 Å². The summed E-state index contributed by atoms with van der Waals surface area (Å²) < 4.78 is 1.65. The third-order valence-corrected chi connectivity index (χ3v) is 4.83. The summed E-state index contributed by atoms with van der Waals surface area (Å²) >= 11 is 6.98. The zero-order chi connectivity index (χ0) is 17.0. The Morgan fingerprint density at radius 1 is 1.35 bits per heavy atom. The predicted molar refractivity (Wildman–Crippen MR) is 97.9 cm³/mol. The van der Waals surface area contributed by atoms with Crippen LogP contribution in [0.2, 0.25) is 0 Å². The molecule has 1 aromatic rings. The Hall–Kier alpha value is -1.28. The highest BCUT2D eigenvalue weighted by Gasteiger charge is 2.19. The number of anilines is 1. The van der Waals surface area contributed by atoms with Crippen LogP contribution in [-0.4, -0.2) is 43.1 Å². The first kappa shape index (κ1) is 18.1. The molecule has 0 aromatic heterocycles. The monoisotopic (exact) mass is 446 g/mol. The zero-order valence-electron chi connectivity index (χ0n) is 13.1. The average Bonchev–Trinajstić information content (AvgIpc) is 2.88. The molecule has 0 spiro atoms. The number of carbonyl (C=O) groups is 2. The quantitative estimate of drug-likeness (QED) is 0.646. The largest absolute Gasteiger partial charge is 0.336 e. The summed E-state index contributed by atoms with van der Waals surface area (Å²) in [6.45, 7) is 6.46. The number of benzene rings is 1. The summed E-state index contributed by atoms with van der Waals surface area (Å²) in [4.78, 5) is 25.1. The molecule has 8 heteroatoms. The summed E-state index contributed by atoms with van der Waals surface area (Å²) in [5.41, 5.74) is 1.86. The molecule has 1 fully saturated rings. The Bertz CT molecular complexity index is 584. The molecule has 6 nitrogen and oxygen atoms in total. The summed E-state index contributed by atoms with van der Waals surface area (Å²) in [5, 5.41) is 8.30. The minimum Gasteiger partial charge on any atom is -0.336 e. The predicted octanol–water partition coefficient (Wildman–Crippen LogP) is 3.48. The van der Waals surface area contributed by atoms with E-state index in [2.05, 4.69) is 61.7 Å². The Morgan fingerprint density at radius 3 is 2.52 bits per heavy atom. The molecule has 126 valence electrons. The highest BCUT2D eigenvalue weighted by molar-refractivity contribution is 9.11. The van der Waals surface area contributed by atoms with Gasteiger partial charge < -0.3 is 20.9 Å². The first-order valence-corrected chi connectivity index (χ1v) is 9.03. The van der Waals surface area contributed by atoms with E-state index >= 15 is 0 Å². The number of halogens is 2. The normalized spacial score (nSPS) is 14.1. The van der Waals surface area contributed by atoms with E-state index in [1.165, 1.54) is 5.56 Å². The van der Waals surface area contributed by atoms with Crippen molar-refractivity contribution in [2.24, 2.45) is 0 Å². The Labute approximate surface area is 152 Å². The molecule has 0 radical (unpaired) electrons. The van der Waals surface area contributed by atoms with Gasteiger partial charge in [0.15, 0.2) is 0 Å². The highest BCUT2D eigenvalue weighted by Crippen LogP contribution is 2.34. The summed E-state index contributed by atoms with van der Waals surface area (Å²) in [6.07, 6.45) is 0. The fraction of sp³-hybridized carbons (Fsp3) is 0.467. The minimum atomic E-state index is -0.302. The van der Waals surface area contributed by atoms with Crippen molar-refractivity contribution in [2.45, 2.75) is 19.8 Å². The van der Waals surface area contributed by atoms with Crippen LogP contribution in [0.1, 0.15) is 25.3 Å². The van der Waals surface area contributed by atoms with Gasteiger partial charge in [-0.15, -0.1) is 0 Å². The van der Waals surface area contributed by atoms with E-state index in [0.29, 0.717) is 37.8 Å². The molecule has 0 bridgehead atoms. The van der Waals surface area contributed by atoms with Gasteiger partial charge in [0.25, 0.3) is 0 Å². The van der Waals surface area contributed by atoms with Crippen LogP contribution in [0.3, 0.4) is 0 Å². The molecular formula is C15H20Br2N4O2. The van der Waals surface area contributed by atoms with Crippen LogP contribution in [0.25, 0.3) is 0 Å². The van der Waals surface area contributed by atoms with Crippen molar-refractivity contribution >= 4 is 49.6 Å². The van der Waals surface area contributed by atoms with Gasteiger partial charge in [-0.3, -0.25) is 0 Å². The fourth-order valence-corrected chi connectivity index (χ4v) is 3.65. The molecule has 3 N–H and O–H groups in total. The van der Waals surface area contributed by atoms with Crippen molar-refractivity contribution in [3.63, 3.8) is 0 Å².